The van der Waals surface area contributed by atoms with Gasteiger partial charge in [-0.2, -0.15) is 0 Å². The average Bonchev–Trinajstić information content (AvgIpc) is 2.18. The standard InChI is InChI=1S/C11H14N2O/c1-13-6-2-3-10-7-9(8-12-14)4-5-11(10)13/h4-5,7-8,14H,2-3,6H2,1H3/b12-8-. The Bertz CT molecular complexity index is 360. The Kier molecular flexibility index (Phi) is 2.39. The first-order valence-electron chi connectivity index (χ1n) is 4.83. The monoisotopic (exact) mass is 190 g/mol. The highest BCUT2D eigenvalue weighted by molar-refractivity contribution is 5.80. The molecule has 1 N–H and O–H groups in total. The zero-order valence-electron chi connectivity index (χ0n) is 8.27. The van der Waals surface area contributed by atoms with E-state index in [4.69, 9.17) is 5.21 Å². The molecule has 3 nitrogen and oxygen atoms in total. The van der Waals surface area contributed by atoms with Gasteiger partial charge in [0, 0.05) is 19.3 Å². The molecule has 0 aliphatic carbocycles. The highest BCUT2D eigenvalue weighted by Crippen LogP contribution is 2.26. The van der Waals surface area contributed by atoms with E-state index in [1.54, 1.807) is 0 Å². The van der Waals surface area contributed by atoms with E-state index >= 15 is 0 Å². The number of anilines is 1. The van der Waals surface area contributed by atoms with Crippen molar-refractivity contribution in [2.24, 2.45) is 5.16 Å². The molecule has 2 rings (SSSR count). The Labute approximate surface area is 83.7 Å². The van der Waals surface area contributed by atoms with Crippen molar-refractivity contribution in [1.82, 2.24) is 0 Å². The van der Waals surface area contributed by atoms with E-state index in [0.29, 0.717) is 0 Å². The fourth-order valence-corrected chi connectivity index (χ4v) is 1.95. The number of fused-ring (bicyclic) bond motifs is 1. The first-order valence-corrected chi connectivity index (χ1v) is 4.83. The zero-order valence-corrected chi connectivity index (χ0v) is 8.27. The normalized spacial score (nSPS) is 15.9. The molecule has 3 heteroatoms. The maximum atomic E-state index is 8.43. The molecule has 0 aromatic heterocycles. The van der Waals surface area contributed by atoms with Crippen molar-refractivity contribution in [3.63, 3.8) is 0 Å². The Morgan fingerprint density at radius 2 is 2.36 bits per heavy atom. The summed E-state index contributed by atoms with van der Waals surface area (Å²) in [6.07, 6.45) is 3.78. The van der Waals surface area contributed by atoms with Crippen LogP contribution >= 0.6 is 0 Å². The number of hydrogen-bond acceptors (Lipinski definition) is 3. The second-order valence-corrected chi connectivity index (χ2v) is 3.66. The van der Waals surface area contributed by atoms with Gasteiger partial charge in [-0.15, -0.1) is 0 Å². The fourth-order valence-electron chi connectivity index (χ4n) is 1.95. The molecule has 74 valence electrons. The van der Waals surface area contributed by atoms with Crippen LogP contribution in [0.4, 0.5) is 5.69 Å². The third kappa shape index (κ3) is 1.58. The summed E-state index contributed by atoms with van der Waals surface area (Å²) in [6.45, 7) is 1.13. The lowest BCUT2D eigenvalue weighted by Gasteiger charge is -2.27. The van der Waals surface area contributed by atoms with Gasteiger partial charge < -0.3 is 10.1 Å². The maximum absolute atomic E-state index is 8.43. The molecular formula is C11H14N2O. The minimum Gasteiger partial charge on any atom is -0.411 e. The van der Waals surface area contributed by atoms with Crippen molar-refractivity contribution in [2.75, 3.05) is 18.5 Å². The van der Waals surface area contributed by atoms with Crippen LogP contribution in [0.5, 0.6) is 0 Å². The largest absolute Gasteiger partial charge is 0.411 e. The summed E-state index contributed by atoms with van der Waals surface area (Å²) in [7, 11) is 2.11. The van der Waals surface area contributed by atoms with E-state index in [1.165, 1.54) is 23.9 Å². The van der Waals surface area contributed by atoms with E-state index in [-0.39, 0.29) is 0 Å². The van der Waals surface area contributed by atoms with Gasteiger partial charge in [-0.1, -0.05) is 11.2 Å². The lowest BCUT2D eigenvalue weighted by atomic mass is 10.00. The minimum atomic E-state index is 0.960. The highest BCUT2D eigenvalue weighted by Gasteiger charge is 2.12. The number of rotatable bonds is 1. The molecule has 1 heterocycles. The predicted octanol–water partition coefficient (Wildman–Crippen LogP) is 1.88. The molecule has 1 aromatic rings. The molecule has 1 aliphatic heterocycles. The van der Waals surface area contributed by atoms with Crippen LogP contribution < -0.4 is 4.90 Å². The molecule has 1 aliphatic rings. The lowest BCUT2D eigenvalue weighted by Crippen LogP contribution is -2.24. The van der Waals surface area contributed by atoms with Gasteiger partial charge in [0.15, 0.2) is 0 Å². The highest BCUT2D eigenvalue weighted by atomic mass is 16.4. The van der Waals surface area contributed by atoms with Crippen molar-refractivity contribution in [3.8, 4) is 0 Å². The van der Waals surface area contributed by atoms with Crippen molar-refractivity contribution in [2.45, 2.75) is 12.8 Å². The van der Waals surface area contributed by atoms with E-state index in [0.717, 1.165) is 18.5 Å². The van der Waals surface area contributed by atoms with Gasteiger partial charge in [0.2, 0.25) is 0 Å². The Morgan fingerprint density at radius 3 is 3.14 bits per heavy atom. The molecule has 0 saturated carbocycles. The van der Waals surface area contributed by atoms with Gasteiger partial charge in [0.05, 0.1) is 6.21 Å². The molecule has 0 radical (unpaired) electrons. The van der Waals surface area contributed by atoms with Gasteiger partial charge in [0.1, 0.15) is 0 Å². The number of aryl methyl sites for hydroxylation is 1. The molecule has 0 saturated heterocycles. The van der Waals surface area contributed by atoms with Crippen molar-refractivity contribution >= 4 is 11.9 Å². The molecule has 14 heavy (non-hydrogen) atoms. The van der Waals surface area contributed by atoms with Crippen LogP contribution in [0.2, 0.25) is 0 Å². The van der Waals surface area contributed by atoms with Crippen LogP contribution in [0.3, 0.4) is 0 Å². The van der Waals surface area contributed by atoms with E-state index in [1.807, 2.05) is 6.07 Å². The molecule has 0 bridgehead atoms. The van der Waals surface area contributed by atoms with Crippen LogP contribution in [0.15, 0.2) is 23.4 Å². The lowest BCUT2D eigenvalue weighted by molar-refractivity contribution is 0.322. The third-order valence-electron chi connectivity index (χ3n) is 2.66. The minimum absolute atomic E-state index is 0.960. The summed E-state index contributed by atoms with van der Waals surface area (Å²) < 4.78 is 0. The second-order valence-electron chi connectivity index (χ2n) is 3.66. The summed E-state index contributed by atoms with van der Waals surface area (Å²) in [5.41, 5.74) is 3.60. The van der Waals surface area contributed by atoms with Gasteiger partial charge in [0.25, 0.3) is 0 Å². The first-order chi connectivity index (χ1) is 6.81. The maximum Gasteiger partial charge on any atom is 0.0733 e. The van der Waals surface area contributed by atoms with Crippen LogP contribution in [0.25, 0.3) is 0 Å². The quantitative estimate of drug-likeness (QED) is 0.417. The summed E-state index contributed by atoms with van der Waals surface area (Å²) in [5, 5.41) is 11.5. The summed E-state index contributed by atoms with van der Waals surface area (Å²) in [5.74, 6) is 0. The zero-order chi connectivity index (χ0) is 9.97. The van der Waals surface area contributed by atoms with Crippen molar-refractivity contribution < 1.29 is 5.21 Å². The second kappa shape index (κ2) is 3.70. The van der Waals surface area contributed by atoms with Crippen LogP contribution in [0.1, 0.15) is 17.5 Å². The Balaban J connectivity index is 2.38. The fraction of sp³-hybridized carbons (Fsp3) is 0.364. The van der Waals surface area contributed by atoms with E-state index in [2.05, 4.69) is 29.2 Å². The molecule has 0 amide bonds. The molecule has 0 atom stereocenters. The number of hydrogen-bond donors (Lipinski definition) is 1. The van der Waals surface area contributed by atoms with Gasteiger partial charge in [-0.05, 0) is 36.1 Å². The van der Waals surface area contributed by atoms with Crippen molar-refractivity contribution in [1.29, 1.82) is 0 Å². The van der Waals surface area contributed by atoms with Crippen LogP contribution in [-0.4, -0.2) is 25.0 Å². The number of benzene rings is 1. The van der Waals surface area contributed by atoms with Gasteiger partial charge in [-0.3, -0.25) is 0 Å². The van der Waals surface area contributed by atoms with Gasteiger partial charge >= 0.3 is 0 Å². The Hall–Kier alpha value is -1.51. The molecular weight excluding hydrogens is 176 g/mol. The first kappa shape index (κ1) is 9.06. The Morgan fingerprint density at radius 1 is 1.50 bits per heavy atom. The van der Waals surface area contributed by atoms with Crippen LogP contribution in [-0.2, 0) is 6.42 Å². The SMILES string of the molecule is CN1CCCc2cc(/C=N\O)ccc21. The number of oxime groups is 1. The molecule has 0 unspecified atom stereocenters. The van der Waals surface area contributed by atoms with Crippen molar-refractivity contribution in [3.05, 3.63) is 29.3 Å². The number of nitrogens with zero attached hydrogens (tertiary/aromatic N) is 2. The topological polar surface area (TPSA) is 35.8 Å². The molecule has 0 spiro atoms. The van der Waals surface area contributed by atoms with Gasteiger partial charge in [-0.25, -0.2) is 0 Å². The smallest absolute Gasteiger partial charge is 0.0733 e. The van der Waals surface area contributed by atoms with E-state index in [9.17, 15) is 0 Å². The summed E-state index contributed by atoms with van der Waals surface area (Å²) >= 11 is 0. The molecule has 0 fully saturated rings. The summed E-state index contributed by atoms with van der Waals surface area (Å²) in [6, 6.07) is 6.15. The van der Waals surface area contributed by atoms with E-state index < -0.39 is 0 Å². The summed E-state index contributed by atoms with van der Waals surface area (Å²) in [4.78, 5) is 2.26. The molecule has 1 aromatic carbocycles. The van der Waals surface area contributed by atoms with Crippen LogP contribution in [0, 0.1) is 0 Å². The average molecular weight is 190 g/mol. The third-order valence-corrected chi connectivity index (χ3v) is 2.66. The predicted molar refractivity (Wildman–Crippen MR) is 57.4 cm³/mol.